The number of carbonyl (C=O) groups is 2. The summed E-state index contributed by atoms with van der Waals surface area (Å²) in [7, 11) is 0. The fourth-order valence-electron chi connectivity index (χ4n) is 3.97. The van der Waals surface area contributed by atoms with Gasteiger partial charge in [0.25, 0.3) is 0 Å². The molecule has 1 N–H and O–H groups in total. The maximum Gasteiger partial charge on any atom is 0.128 e. The molecule has 0 spiro atoms. The van der Waals surface area contributed by atoms with Crippen molar-refractivity contribution in [3.05, 3.63) is 23.9 Å². The second kappa shape index (κ2) is 9.78. The van der Waals surface area contributed by atoms with Crippen LogP contribution in [0.25, 0.3) is 0 Å². The maximum absolute atomic E-state index is 11.2. The quantitative estimate of drug-likeness (QED) is 0.710. The molecule has 0 aliphatic carbocycles. The molecule has 0 saturated carbocycles. The maximum atomic E-state index is 11.2. The molecule has 0 amide bonds. The first kappa shape index (κ1) is 19.0. The average Bonchev–Trinajstić information content (AvgIpc) is 2.70. The minimum atomic E-state index is -0.230. The Balaban J connectivity index is 1.49. The summed E-state index contributed by atoms with van der Waals surface area (Å²) in [5.74, 6) is 1.55. The molecule has 0 radical (unpaired) electrons. The molecule has 0 aromatic carbocycles. The summed E-state index contributed by atoms with van der Waals surface area (Å²) in [5, 5.41) is 3.41. The van der Waals surface area contributed by atoms with Crippen LogP contribution in [0, 0.1) is 5.92 Å². The van der Waals surface area contributed by atoms with Crippen LogP contribution in [-0.2, 0) is 9.59 Å². The number of nitrogens with zero attached hydrogens (tertiary/aromatic N) is 3. The second-order valence-corrected chi connectivity index (χ2v) is 7.42. The molecule has 1 unspecified atom stereocenters. The topological polar surface area (TPSA) is 65.5 Å². The average molecular weight is 358 g/mol. The Bertz CT molecular complexity index is 564. The Kier molecular flexibility index (Phi) is 7.14. The van der Waals surface area contributed by atoms with Crippen molar-refractivity contribution in [3.63, 3.8) is 0 Å². The Labute approximate surface area is 156 Å². The van der Waals surface area contributed by atoms with Crippen molar-refractivity contribution in [1.29, 1.82) is 0 Å². The highest BCUT2D eigenvalue weighted by molar-refractivity contribution is 5.63. The van der Waals surface area contributed by atoms with Crippen molar-refractivity contribution in [2.24, 2.45) is 5.92 Å². The summed E-state index contributed by atoms with van der Waals surface area (Å²) < 4.78 is 0. The van der Waals surface area contributed by atoms with Gasteiger partial charge in [-0.25, -0.2) is 4.98 Å². The van der Waals surface area contributed by atoms with Gasteiger partial charge in [0.15, 0.2) is 0 Å². The van der Waals surface area contributed by atoms with Crippen LogP contribution < -0.4 is 10.2 Å². The lowest BCUT2D eigenvalue weighted by Gasteiger charge is -2.36. The highest BCUT2D eigenvalue weighted by Gasteiger charge is 2.23. The van der Waals surface area contributed by atoms with E-state index in [2.05, 4.69) is 20.1 Å². The zero-order valence-electron chi connectivity index (χ0n) is 15.5. The molecule has 1 atom stereocenters. The van der Waals surface area contributed by atoms with E-state index < -0.39 is 0 Å². The normalized spacial score (nSPS) is 20.7. The number of aromatic nitrogens is 1. The van der Waals surface area contributed by atoms with Crippen LogP contribution in [0.15, 0.2) is 18.3 Å². The molecule has 3 heterocycles. The number of hydrogen-bond acceptors (Lipinski definition) is 6. The predicted molar refractivity (Wildman–Crippen MR) is 103 cm³/mol. The summed E-state index contributed by atoms with van der Waals surface area (Å²) in [6.07, 6.45) is 6.97. The van der Waals surface area contributed by atoms with Gasteiger partial charge in [0.2, 0.25) is 0 Å². The summed E-state index contributed by atoms with van der Waals surface area (Å²) in [5.41, 5.74) is 0.902. The third-order valence-corrected chi connectivity index (χ3v) is 5.62. The molecule has 0 bridgehead atoms. The van der Waals surface area contributed by atoms with Gasteiger partial charge >= 0.3 is 0 Å². The Morgan fingerprint density at radius 1 is 1.15 bits per heavy atom. The van der Waals surface area contributed by atoms with E-state index in [1.807, 2.05) is 12.1 Å². The minimum Gasteiger partial charge on any atom is -0.357 e. The fourth-order valence-corrected chi connectivity index (χ4v) is 3.97. The van der Waals surface area contributed by atoms with E-state index in [0.29, 0.717) is 12.8 Å². The van der Waals surface area contributed by atoms with Gasteiger partial charge in [-0.2, -0.15) is 0 Å². The number of piperidine rings is 1. The minimum absolute atomic E-state index is 0.230. The predicted octanol–water partition coefficient (Wildman–Crippen LogP) is 1.46. The van der Waals surface area contributed by atoms with E-state index in [0.717, 1.165) is 56.1 Å². The van der Waals surface area contributed by atoms with Crippen molar-refractivity contribution in [2.45, 2.75) is 31.6 Å². The van der Waals surface area contributed by atoms with E-state index in [1.54, 1.807) is 6.20 Å². The first-order valence-corrected chi connectivity index (χ1v) is 9.83. The number of aldehydes is 2. The Hall–Kier alpha value is -1.79. The number of piperazine rings is 1. The van der Waals surface area contributed by atoms with Gasteiger partial charge in [0.1, 0.15) is 18.4 Å². The lowest BCUT2D eigenvalue weighted by atomic mass is 9.95. The molecular weight excluding hydrogens is 328 g/mol. The molecule has 2 fully saturated rings. The number of hydrogen-bond donors (Lipinski definition) is 1. The van der Waals surface area contributed by atoms with Gasteiger partial charge in [-0.3, -0.25) is 0 Å². The van der Waals surface area contributed by atoms with Crippen molar-refractivity contribution in [2.75, 3.05) is 50.7 Å². The number of nitrogens with one attached hydrogen (secondary N) is 1. The van der Waals surface area contributed by atoms with E-state index in [1.165, 1.54) is 32.5 Å². The molecule has 6 heteroatoms. The van der Waals surface area contributed by atoms with Crippen LogP contribution >= 0.6 is 0 Å². The van der Waals surface area contributed by atoms with Crippen molar-refractivity contribution >= 4 is 18.4 Å². The Morgan fingerprint density at radius 3 is 2.54 bits per heavy atom. The van der Waals surface area contributed by atoms with Crippen LogP contribution in [0.2, 0.25) is 0 Å². The molecule has 1 aromatic heterocycles. The zero-order chi connectivity index (χ0) is 18.2. The smallest absolute Gasteiger partial charge is 0.128 e. The van der Waals surface area contributed by atoms with Gasteiger partial charge in [-0.1, -0.05) is 6.07 Å². The second-order valence-electron chi connectivity index (χ2n) is 7.42. The van der Waals surface area contributed by atoms with Gasteiger partial charge in [-0.05, 0) is 36.8 Å². The lowest BCUT2D eigenvalue weighted by molar-refractivity contribution is -0.109. The highest BCUT2D eigenvalue weighted by Crippen LogP contribution is 2.25. The van der Waals surface area contributed by atoms with E-state index in [-0.39, 0.29) is 5.92 Å². The number of anilines is 1. The molecule has 142 valence electrons. The lowest BCUT2D eigenvalue weighted by Crippen LogP contribution is -2.47. The molecule has 3 rings (SSSR count). The van der Waals surface area contributed by atoms with Crippen LogP contribution in [0.3, 0.4) is 0 Å². The number of pyridine rings is 1. The van der Waals surface area contributed by atoms with Gasteiger partial charge in [-0.15, -0.1) is 0 Å². The third-order valence-electron chi connectivity index (χ3n) is 5.62. The van der Waals surface area contributed by atoms with Gasteiger partial charge < -0.3 is 24.7 Å². The largest absolute Gasteiger partial charge is 0.357 e. The van der Waals surface area contributed by atoms with Crippen molar-refractivity contribution < 1.29 is 9.59 Å². The molecule has 26 heavy (non-hydrogen) atoms. The molecular formula is C20H30N4O2. The van der Waals surface area contributed by atoms with Crippen LogP contribution in [0.1, 0.15) is 37.2 Å². The fraction of sp³-hybridized carbons (Fsp3) is 0.650. The third kappa shape index (κ3) is 5.11. The SMILES string of the molecule is O=CCCC(C=O)c1ccc(N2CCC(CN3CCNCC3)CC2)nc1. The summed E-state index contributed by atoms with van der Waals surface area (Å²) in [4.78, 5) is 31.3. The van der Waals surface area contributed by atoms with E-state index in [9.17, 15) is 9.59 Å². The van der Waals surface area contributed by atoms with E-state index >= 15 is 0 Å². The van der Waals surface area contributed by atoms with Crippen molar-refractivity contribution in [1.82, 2.24) is 15.2 Å². The monoisotopic (exact) mass is 358 g/mol. The van der Waals surface area contributed by atoms with Crippen LogP contribution in [-0.4, -0.2) is 68.3 Å². The summed E-state index contributed by atoms with van der Waals surface area (Å²) >= 11 is 0. The molecule has 2 saturated heterocycles. The molecule has 2 aliphatic rings. The summed E-state index contributed by atoms with van der Waals surface area (Å²) in [6.45, 7) is 7.89. The molecule has 2 aliphatic heterocycles. The van der Waals surface area contributed by atoms with Gasteiger partial charge in [0, 0.05) is 64.3 Å². The van der Waals surface area contributed by atoms with Crippen LogP contribution in [0.5, 0.6) is 0 Å². The van der Waals surface area contributed by atoms with Gasteiger partial charge in [0.05, 0.1) is 0 Å². The molecule has 1 aromatic rings. The first-order chi connectivity index (χ1) is 12.8. The molecule has 6 nitrogen and oxygen atoms in total. The van der Waals surface area contributed by atoms with E-state index in [4.69, 9.17) is 0 Å². The first-order valence-electron chi connectivity index (χ1n) is 9.83. The number of rotatable bonds is 8. The highest BCUT2D eigenvalue weighted by atomic mass is 16.1. The van der Waals surface area contributed by atoms with Crippen LogP contribution in [0.4, 0.5) is 5.82 Å². The van der Waals surface area contributed by atoms with Crippen molar-refractivity contribution in [3.8, 4) is 0 Å². The summed E-state index contributed by atoms with van der Waals surface area (Å²) in [6, 6.07) is 4.00. The number of carbonyl (C=O) groups excluding carboxylic acids is 2. The Morgan fingerprint density at radius 2 is 1.92 bits per heavy atom. The standard InChI is InChI=1S/C20H30N4O2/c25-13-1-2-19(16-26)18-3-4-20(22-14-18)24-9-5-17(6-10-24)15-23-11-7-21-8-12-23/h3-4,13-14,16-17,19,21H,1-2,5-12,15H2. The zero-order valence-corrected chi connectivity index (χ0v) is 15.5.